The fourth-order valence-electron chi connectivity index (χ4n) is 6.10. The van der Waals surface area contributed by atoms with Crippen LogP contribution < -0.4 is 14.5 Å². The summed E-state index contributed by atoms with van der Waals surface area (Å²) in [6.07, 6.45) is -1.10. The molecule has 3 atom stereocenters. The number of nitrogens with zero attached hydrogens (tertiary/aromatic N) is 7. The molecule has 2 aromatic rings. The second kappa shape index (κ2) is 12.2. The number of halogens is 3. The zero-order valence-electron chi connectivity index (χ0n) is 23.2. The Labute approximate surface area is 238 Å². The van der Waals surface area contributed by atoms with Crippen LogP contribution in [0.1, 0.15) is 36.1 Å². The summed E-state index contributed by atoms with van der Waals surface area (Å²) in [5, 5.41) is 19.9. The van der Waals surface area contributed by atoms with Crippen LogP contribution in [0.3, 0.4) is 0 Å². The van der Waals surface area contributed by atoms with E-state index in [2.05, 4.69) is 29.5 Å². The van der Waals surface area contributed by atoms with Crippen molar-refractivity contribution < 1.29 is 23.0 Å². The number of alkyl halides is 3. The molecule has 0 radical (unpaired) electrons. The molecule has 3 aliphatic rings. The number of aliphatic hydroxyl groups excluding tert-OH is 1. The number of likely N-dealkylation sites (tertiary alicyclic amines) is 1. The van der Waals surface area contributed by atoms with Crippen molar-refractivity contribution in [1.82, 2.24) is 19.8 Å². The Morgan fingerprint density at radius 2 is 1.98 bits per heavy atom. The average molecular weight is 572 g/mol. The number of rotatable bonds is 8. The molecule has 0 bridgehead atoms. The van der Waals surface area contributed by atoms with Crippen LogP contribution in [0.2, 0.25) is 0 Å². The van der Waals surface area contributed by atoms with Gasteiger partial charge in [0.05, 0.1) is 30.3 Å². The summed E-state index contributed by atoms with van der Waals surface area (Å²) >= 11 is 0. The Morgan fingerprint density at radius 1 is 1.17 bits per heavy atom. The summed E-state index contributed by atoms with van der Waals surface area (Å²) in [6, 6.07) is 8.04. The highest BCUT2D eigenvalue weighted by molar-refractivity contribution is 5.59. The number of nitriles is 1. The third-order valence-electron chi connectivity index (χ3n) is 8.35. The van der Waals surface area contributed by atoms with E-state index in [1.807, 2.05) is 4.90 Å². The lowest BCUT2D eigenvalue weighted by atomic mass is 10.0. The van der Waals surface area contributed by atoms with Gasteiger partial charge in [0.2, 0.25) is 0 Å². The van der Waals surface area contributed by atoms with Crippen LogP contribution in [0.5, 0.6) is 6.01 Å². The van der Waals surface area contributed by atoms with E-state index in [4.69, 9.17) is 14.7 Å². The van der Waals surface area contributed by atoms with Crippen LogP contribution in [0.15, 0.2) is 36.9 Å². The molecule has 0 saturated carbocycles. The third-order valence-corrected chi connectivity index (χ3v) is 8.35. The van der Waals surface area contributed by atoms with Crippen LogP contribution in [0.25, 0.3) is 0 Å². The van der Waals surface area contributed by atoms with Crippen LogP contribution >= 0.6 is 0 Å². The maximum absolute atomic E-state index is 13.8. The van der Waals surface area contributed by atoms with Crippen molar-refractivity contribution >= 4 is 11.5 Å². The normalized spacial score (nSPS) is 22.7. The number of benzene rings is 1. The molecule has 1 aromatic carbocycles. The number of piperazine rings is 1. The molecule has 1 aromatic heterocycles. The van der Waals surface area contributed by atoms with Gasteiger partial charge in [-0.2, -0.15) is 28.4 Å². The molecular formula is C29H36F3N7O2. The number of aromatic nitrogens is 2. The molecule has 2 fully saturated rings. The molecule has 1 N–H and O–H groups in total. The summed E-state index contributed by atoms with van der Waals surface area (Å²) in [5.74, 6) is 0.684. The lowest BCUT2D eigenvalue weighted by Crippen LogP contribution is -2.56. The van der Waals surface area contributed by atoms with Gasteiger partial charge in [-0.05, 0) is 51.1 Å². The van der Waals surface area contributed by atoms with Gasteiger partial charge in [0, 0.05) is 49.5 Å². The molecule has 9 nitrogen and oxygen atoms in total. The monoisotopic (exact) mass is 571 g/mol. The molecule has 3 aliphatic heterocycles. The Kier molecular flexibility index (Phi) is 8.68. The standard InChI is InChI=1S/C29H36F3N7O2/c1-3-26(40)39-16-15-38(17-20(39)10-12-33)27-22-11-14-37(25-9-5-4-8-23(25)29(30,31)32)18-24(22)34-28(35-27)41-19-21-7-6-13-36(21)2/h3-5,8-9,20-21,26,40H,1,6-7,10-11,13-19H2,2H3/t20?,21-,26?/m1/s1. The fraction of sp³-hybridized carbons (Fsp3) is 0.552. The smallest absolute Gasteiger partial charge is 0.418 e. The second-order valence-electron chi connectivity index (χ2n) is 10.9. The van der Waals surface area contributed by atoms with Gasteiger partial charge in [-0.1, -0.05) is 18.7 Å². The van der Waals surface area contributed by atoms with E-state index in [9.17, 15) is 23.5 Å². The average Bonchev–Trinajstić information content (AvgIpc) is 3.39. The highest BCUT2D eigenvalue weighted by atomic mass is 19.4. The summed E-state index contributed by atoms with van der Waals surface area (Å²) in [5.41, 5.74) is 0.972. The summed E-state index contributed by atoms with van der Waals surface area (Å²) in [6.45, 7) is 7.16. The van der Waals surface area contributed by atoms with E-state index in [0.29, 0.717) is 50.7 Å². The summed E-state index contributed by atoms with van der Waals surface area (Å²) < 4.78 is 47.6. The van der Waals surface area contributed by atoms with Gasteiger partial charge in [-0.3, -0.25) is 4.90 Å². The predicted molar refractivity (Wildman–Crippen MR) is 149 cm³/mol. The van der Waals surface area contributed by atoms with Crippen molar-refractivity contribution in [3.63, 3.8) is 0 Å². The van der Waals surface area contributed by atoms with E-state index in [-0.39, 0.29) is 36.7 Å². The maximum Gasteiger partial charge on any atom is 0.418 e. The zero-order chi connectivity index (χ0) is 29.1. The van der Waals surface area contributed by atoms with E-state index < -0.39 is 18.0 Å². The fourth-order valence-corrected chi connectivity index (χ4v) is 6.10. The van der Waals surface area contributed by atoms with E-state index in [0.717, 1.165) is 31.0 Å². The third kappa shape index (κ3) is 6.27. The van der Waals surface area contributed by atoms with Gasteiger partial charge in [-0.15, -0.1) is 0 Å². The number of hydrogen-bond acceptors (Lipinski definition) is 9. The van der Waals surface area contributed by atoms with Crippen molar-refractivity contribution in [3.8, 4) is 12.1 Å². The molecule has 41 heavy (non-hydrogen) atoms. The highest BCUT2D eigenvalue weighted by Crippen LogP contribution is 2.39. The van der Waals surface area contributed by atoms with Crippen molar-refractivity contribution in [2.24, 2.45) is 0 Å². The van der Waals surface area contributed by atoms with Crippen LogP contribution in [0, 0.1) is 11.3 Å². The van der Waals surface area contributed by atoms with Crippen molar-refractivity contribution in [2.75, 3.05) is 56.2 Å². The SMILES string of the molecule is C=CC(O)N1CCN(c2nc(OC[C@H]3CCCN3C)nc3c2CCN(c2ccccc2C(F)(F)F)C3)CC1CC#N. The first kappa shape index (κ1) is 29.1. The van der Waals surface area contributed by atoms with Crippen LogP contribution in [-0.2, 0) is 19.1 Å². The minimum absolute atomic E-state index is 0.127. The number of ether oxygens (including phenoxy) is 1. The number of likely N-dealkylation sites (N-methyl/N-ethyl adjacent to an activating group) is 1. The second-order valence-corrected chi connectivity index (χ2v) is 10.9. The number of para-hydroxylation sites is 1. The van der Waals surface area contributed by atoms with Crippen molar-refractivity contribution in [3.05, 3.63) is 53.7 Å². The van der Waals surface area contributed by atoms with Crippen molar-refractivity contribution in [2.45, 2.75) is 56.7 Å². The molecule has 12 heteroatoms. The number of fused-ring (bicyclic) bond motifs is 1. The zero-order valence-corrected chi connectivity index (χ0v) is 23.2. The van der Waals surface area contributed by atoms with Crippen LogP contribution in [0.4, 0.5) is 24.7 Å². The molecular weight excluding hydrogens is 535 g/mol. The highest BCUT2D eigenvalue weighted by Gasteiger charge is 2.37. The van der Waals surface area contributed by atoms with E-state index in [1.54, 1.807) is 11.0 Å². The quantitative estimate of drug-likeness (QED) is 0.479. The Morgan fingerprint density at radius 3 is 2.68 bits per heavy atom. The first-order valence-corrected chi connectivity index (χ1v) is 14.0. The van der Waals surface area contributed by atoms with Gasteiger partial charge in [0.1, 0.15) is 18.7 Å². The number of anilines is 2. The van der Waals surface area contributed by atoms with Crippen LogP contribution in [-0.4, -0.2) is 89.6 Å². The molecule has 220 valence electrons. The van der Waals surface area contributed by atoms with E-state index >= 15 is 0 Å². The molecule has 0 spiro atoms. The molecule has 4 heterocycles. The lowest BCUT2D eigenvalue weighted by Gasteiger charge is -2.43. The summed E-state index contributed by atoms with van der Waals surface area (Å²) in [7, 11) is 2.06. The molecule has 0 amide bonds. The first-order valence-electron chi connectivity index (χ1n) is 14.0. The molecule has 5 rings (SSSR count). The largest absolute Gasteiger partial charge is 0.462 e. The number of hydrogen-bond donors (Lipinski definition) is 1. The maximum atomic E-state index is 13.8. The first-order chi connectivity index (χ1) is 19.7. The minimum Gasteiger partial charge on any atom is -0.462 e. The predicted octanol–water partition coefficient (Wildman–Crippen LogP) is 3.44. The lowest BCUT2D eigenvalue weighted by molar-refractivity contribution is -0.137. The Bertz CT molecular complexity index is 1280. The van der Waals surface area contributed by atoms with Gasteiger partial charge >= 0.3 is 12.2 Å². The van der Waals surface area contributed by atoms with Gasteiger partial charge in [0.25, 0.3) is 0 Å². The Balaban J connectivity index is 1.47. The molecule has 2 saturated heterocycles. The summed E-state index contributed by atoms with van der Waals surface area (Å²) in [4.78, 5) is 17.4. The topological polar surface area (TPSA) is 92.0 Å². The van der Waals surface area contributed by atoms with Crippen molar-refractivity contribution in [1.29, 1.82) is 5.26 Å². The molecule has 2 unspecified atom stereocenters. The molecule has 0 aliphatic carbocycles. The Hall–Kier alpha value is -3.40. The van der Waals surface area contributed by atoms with Gasteiger partial charge < -0.3 is 24.5 Å². The van der Waals surface area contributed by atoms with Gasteiger partial charge in [-0.25, -0.2) is 0 Å². The van der Waals surface area contributed by atoms with E-state index in [1.165, 1.54) is 18.2 Å². The van der Waals surface area contributed by atoms with Gasteiger partial charge in [0.15, 0.2) is 0 Å². The minimum atomic E-state index is -4.47. The number of aliphatic hydroxyl groups is 1.